The van der Waals surface area contributed by atoms with Crippen LogP contribution in [-0.4, -0.2) is 23.4 Å². The normalized spacial score (nSPS) is 11.9. The first-order chi connectivity index (χ1) is 25.5. The molecule has 0 spiro atoms. The lowest BCUT2D eigenvalue weighted by atomic mass is 9.92. The van der Waals surface area contributed by atoms with Gasteiger partial charge in [-0.3, -0.25) is 0 Å². The maximum atomic E-state index is 9.11. The monoisotopic (exact) mass is 735 g/mol. The van der Waals surface area contributed by atoms with E-state index in [-0.39, 0.29) is 0 Å². The van der Waals surface area contributed by atoms with Gasteiger partial charge in [-0.15, -0.1) is 0 Å². The molecule has 0 rings (SSSR count). The first-order valence-electron chi connectivity index (χ1n) is 24.1. The summed E-state index contributed by atoms with van der Waals surface area (Å²) in [7, 11) is 0. The first kappa shape index (κ1) is 55.7. The quantitative estimate of drug-likeness (QED) is 0.0488. The standard InChI is InChI=1S/C17H36O.C17H34O.C16H32/c2*1-3-5-7-9-10-12-14-17(15-16-18)13-11-8-6-4-2;1-4-6-8-10-11-13-15-16(3)14-12-9-7-5-2/h17-18H,3-16H2,1-2H3;14,18H,3-13,15-16H2,1-2H3;3-15H2,1-2H3/b;17-14+;. The van der Waals surface area contributed by atoms with E-state index in [1.807, 2.05) is 0 Å². The Kier molecular flexibility index (Phi) is 56.3. The van der Waals surface area contributed by atoms with Crippen molar-refractivity contribution in [1.82, 2.24) is 0 Å². The van der Waals surface area contributed by atoms with Crippen molar-refractivity contribution in [1.29, 1.82) is 0 Å². The third-order valence-corrected chi connectivity index (χ3v) is 10.8. The van der Waals surface area contributed by atoms with Crippen LogP contribution in [0, 0.1) is 5.92 Å². The predicted octanol–water partition coefficient (Wildman–Crippen LogP) is 17.6. The molecule has 0 aromatic carbocycles. The zero-order valence-corrected chi connectivity index (χ0v) is 37.3. The van der Waals surface area contributed by atoms with Crippen LogP contribution in [0.4, 0.5) is 0 Å². The van der Waals surface area contributed by atoms with Crippen molar-refractivity contribution in [2.75, 3.05) is 13.2 Å². The van der Waals surface area contributed by atoms with Crippen molar-refractivity contribution in [3.8, 4) is 0 Å². The van der Waals surface area contributed by atoms with Crippen molar-refractivity contribution in [3.05, 3.63) is 23.8 Å². The van der Waals surface area contributed by atoms with E-state index in [1.54, 1.807) is 0 Å². The highest BCUT2D eigenvalue weighted by Gasteiger charge is 2.07. The Hall–Kier alpha value is -0.600. The van der Waals surface area contributed by atoms with E-state index in [0.29, 0.717) is 13.2 Å². The first-order valence-corrected chi connectivity index (χ1v) is 24.1. The molecule has 2 heteroatoms. The van der Waals surface area contributed by atoms with Gasteiger partial charge in [0.05, 0.1) is 0 Å². The van der Waals surface area contributed by atoms with Crippen molar-refractivity contribution in [2.24, 2.45) is 5.92 Å². The number of unbranched alkanes of at least 4 members (excludes halogenated alkanes) is 24. The summed E-state index contributed by atoms with van der Waals surface area (Å²) in [6, 6.07) is 0. The summed E-state index contributed by atoms with van der Waals surface area (Å²) in [5.41, 5.74) is 2.98. The van der Waals surface area contributed by atoms with Crippen molar-refractivity contribution in [2.45, 2.75) is 279 Å². The molecule has 0 aromatic rings. The van der Waals surface area contributed by atoms with Gasteiger partial charge >= 0.3 is 0 Å². The minimum atomic E-state index is 0.315. The molecule has 0 aliphatic heterocycles. The van der Waals surface area contributed by atoms with Gasteiger partial charge in [0.1, 0.15) is 0 Å². The van der Waals surface area contributed by atoms with Crippen LogP contribution in [-0.2, 0) is 0 Å². The SMILES string of the molecule is C=C(CCCCCC)CCCCCCCC.CCCCCCC/C=C(/CCO)CCCCCC.CCCCCCCCC(CCO)CCCCCC. The summed E-state index contributed by atoms with van der Waals surface area (Å²) in [5.74, 6) is 0.790. The van der Waals surface area contributed by atoms with Crippen molar-refractivity contribution >= 4 is 0 Å². The number of hydrogen-bond donors (Lipinski definition) is 2. The molecule has 0 saturated heterocycles. The third-order valence-electron chi connectivity index (χ3n) is 10.8. The van der Waals surface area contributed by atoms with Crippen molar-refractivity contribution < 1.29 is 10.2 Å². The van der Waals surface area contributed by atoms with Crippen LogP contribution in [0.2, 0.25) is 0 Å². The van der Waals surface area contributed by atoms with Gasteiger partial charge in [0.25, 0.3) is 0 Å². The topological polar surface area (TPSA) is 40.5 Å². The van der Waals surface area contributed by atoms with Gasteiger partial charge in [0, 0.05) is 13.2 Å². The molecule has 0 saturated carbocycles. The van der Waals surface area contributed by atoms with Crippen LogP contribution in [0.15, 0.2) is 23.8 Å². The Bertz CT molecular complexity index is 653. The highest BCUT2D eigenvalue weighted by molar-refractivity contribution is 5.01. The Morgan fingerprint density at radius 2 is 0.731 bits per heavy atom. The molecule has 0 heterocycles. The number of aliphatic hydroxyl groups excluding tert-OH is 2. The molecular weight excluding hydrogens is 633 g/mol. The number of allylic oxidation sites excluding steroid dienone is 2. The lowest BCUT2D eigenvalue weighted by Crippen LogP contribution is -2.03. The highest BCUT2D eigenvalue weighted by atomic mass is 16.3. The molecule has 2 N–H and O–H groups in total. The zero-order chi connectivity index (χ0) is 39.0. The van der Waals surface area contributed by atoms with Crippen LogP contribution in [0.1, 0.15) is 279 Å². The smallest absolute Gasteiger partial charge is 0.0468 e. The molecule has 314 valence electrons. The van der Waals surface area contributed by atoms with Gasteiger partial charge in [-0.05, 0) is 70.1 Å². The Balaban J connectivity index is -0.000000694. The Morgan fingerprint density at radius 3 is 1.15 bits per heavy atom. The molecule has 0 fully saturated rings. The van der Waals surface area contributed by atoms with Gasteiger partial charge in [0.15, 0.2) is 0 Å². The second-order valence-electron chi connectivity index (χ2n) is 16.2. The second kappa shape index (κ2) is 52.5. The molecule has 2 nitrogen and oxygen atoms in total. The highest BCUT2D eigenvalue weighted by Crippen LogP contribution is 2.22. The van der Waals surface area contributed by atoms with E-state index in [2.05, 4.69) is 54.2 Å². The summed E-state index contributed by atoms with van der Waals surface area (Å²) >= 11 is 0. The van der Waals surface area contributed by atoms with Crippen LogP contribution < -0.4 is 0 Å². The molecule has 1 atom stereocenters. The van der Waals surface area contributed by atoms with Gasteiger partial charge < -0.3 is 10.2 Å². The molecular formula is C50H102O2. The summed E-state index contributed by atoms with van der Waals surface area (Å²) in [6.45, 7) is 18.5. The maximum absolute atomic E-state index is 9.11. The van der Waals surface area contributed by atoms with E-state index in [0.717, 1.165) is 18.8 Å². The van der Waals surface area contributed by atoms with Gasteiger partial charge in [-0.2, -0.15) is 0 Å². The molecule has 0 aromatic heterocycles. The Morgan fingerprint density at radius 1 is 0.385 bits per heavy atom. The third kappa shape index (κ3) is 51.5. The molecule has 0 aliphatic carbocycles. The average Bonchev–Trinajstić information content (AvgIpc) is 3.15. The lowest BCUT2D eigenvalue weighted by Gasteiger charge is -2.15. The largest absolute Gasteiger partial charge is 0.396 e. The molecule has 1 unspecified atom stereocenters. The maximum Gasteiger partial charge on any atom is 0.0468 e. The number of rotatable bonds is 39. The molecule has 0 bridgehead atoms. The van der Waals surface area contributed by atoms with Crippen LogP contribution in [0.5, 0.6) is 0 Å². The number of hydrogen-bond acceptors (Lipinski definition) is 2. The molecule has 52 heavy (non-hydrogen) atoms. The van der Waals surface area contributed by atoms with Gasteiger partial charge in [-0.1, -0.05) is 239 Å². The molecule has 0 aliphatic rings. The number of aliphatic hydroxyl groups is 2. The van der Waals surface area contributed by atoms with Crippen LogP contribution in [0.25, 0.3) is 0 Å². The summed E-state index contributed by atoms with van der Waals surface area (Å²) in [5, 5.41) is 18.2. The second-order valence-corrected chi connectivity index (χ2v) is 16.2. The fraction of sp³-hybridized carbons (Fsp3) is 0.920. The fourth-order valence-corrected chi connectivity index (χ4v) is 7.08. The van der Waals surface area contributed by atoms with Gasteiger partial charge in [-0.25, -0.2) is 0 Å². The minimum absolute atomic E-state index is 0.315. The van der Waals surface area contributed by atoms with E-state index in [9.17, 15) is 0 Å². The fourth-order valence-electron chi connectivity index (χ4n) is 7.08. The van der Waals surface area contributed by atoms with Crippen molar-refractivity contribution in [3.63, 3.8) is 0 Å². The summed E-state index contributed by atoms with van der Waals surface area (Å²) in [6.07, 6.45) is 51.7. The Labute approximate surface area is 331 Å². The minimum Gasteiger partial charge on any atom is -0.396 e. The van der Waals surface area contributed by atoms with E-state index < -0.39 is 0 Å². The van der Waals surface area contributed by atoms with E-state index in [4.69, 9.17) is 10.2 Å². The predicted molar refractivity (Wildman–Crippen MR) is 240 cm³/mol. The average molecular weight is 735 g/mol. The molecule has 0 radical (unpaired) electrons. The summed E-state index contributed by atoms with van der Waals surface area (Å²) < 4.78 is 0. The lowest BCUT2D eigenvalue weighted by molar-refractivity contribution is 0.241. The molecule has 0 amide bonds. The van der Waals surface area contributed by atoms with Gasteiger partial charge in [0.2, 0.25) is 0 Å². The summed E-state index contributed by atoms with van der Waals surface area (Å²) in [4.78, 5) is 0. The van der Waals surface area contributed by atoms with E-state index >= 15 is 0 Å². The van der Waals surface area contributed by atoms with Crippen LogP contribution >= 0.6 is 0 Å². The zero-order valence-electron chi connectivity index (χ0n) is 37.3. The van der Waals surface area contributed by atoms with Crippen LogP contribution in [0.3, 0.4) is 0 Å². The van der Waals surface area contributed by atoms with E-state index in [1.165, 1.54) is 236 Å².